The van der Waals surface area contributed by atoms with Gasteiger partial charge in [0.2, 0.25) is 5.91 Å². The van der Waals surface area contributed by atoms with Crippen LogP contribution in [0, 0.1) is 0 Å². The molecule has 1 aromatic heterocycles. The number of amides is 2. The lowest BCUT2D eigenvalue weighted by Gasteiger charge is -2.04. The Labute approximate surface area is 108 Å². The van der Waals surface area contributed by atoms with Gasteiger partial charge in [0, 0.05) is 17.1 Å². The standard InChI is InChI=1S/C12H11N3O2S/c16-10(15-12-13-6-7-18-12)8-14-11(17)9-4-2-1-3-5-9/h1-7H,8H2,(H,14,17)(H,13,15,16). The van der Waals surface area contributed by atoms with Gasteiger partial charge in [-0.15, -0.1) is 11.3 Å². The van der Waals surface area contributed by atoms with Crippen molar-refractivity contribution in [2.75, 3.05) is 11.9 Å². The van der Waals surface area contributed by atoms with Gasteiger partial charge in [0.25, 0.3) is 5.91 Å². The summed E-state index contributed by atoms with van der Waals surface area (Å²) in [5, 5.41) is 7.40. The summed E-state index contributed by atoms with van der Waals surface area (Å²) in [7, 11) is 0. The number of anilines is 1. The molecule has 2 N–H and O–H groups in total. The first-order valence-corrected chi connectivity index (χ1v) is 6.16. The van der Waals surface area contributed by atoms with E-state index in [0.29, 0.717) is 10.7 Å². The molecule has 0 bridgehead atoms. The van der Waals surface area contributed by atoms with Gasteiger partial charge in [-0.25, -0.2) is 4.98 Å². The van der Waals surface area contributed by atoms with Crippen molar-refractivity contribution in [2.45, 2.75) is 0 Å². The molecule has 0 aliphatic heterocycles. The minimum Gasteiger partial charge on any atom is -0.343 e. The van der Waals surface area contributed by atoms with E-state index < -0.39 is 0 Å². The van der Waals surface area contributed by atoms with Crippen molar-refractivity contribution in [1.82, 2.24) is 10.3 Å². The fourth-order valence-corrected chi connectivity index (χ4v) is 1.85. The van der Waals surface area contributed by atoms with Crippen molar-refractivity contribution in [1.29, 1.82) is 0 Å². The summed E-state index contributed by atoms with van der Waals surface area (Å²) in [6.45, 7) is -0.0761. The monoisotopic (exact) mass is 261 g/mol. The van der Waals surface area contributed by atoms with Crippen LogP contribution in [0.25, 0.3) is 0 Å². The number of benzene rings is 1. The minimum absolute atomic E-state index is 0.0761. The molecule has 5 nitrogen and oxygen atoms in total. The van der Waals surface area contributed by atoms with Crippen LogP contribution < -0.4 is 10.6 Å². The number of carbonyl (C=O) groups excluding carboxylic acids is 2. The van der Waals surface area contributed by atoms with Crippen LogP contribution in [0.1, 0.15) is 10.4 Å². The Morgan fingerprint density at radius 3 is 2.67 bits per heavy atom. The molecule has 6 heteroatoms. The first-order valence-electron chi connectivity index (χ1n) is 5.28. The molecule has 0 aliphatic carbocycles. The van der Waals surface area contributed by atoms with Gasteiger partial charge in [-0.3, -0.25) is 9.59 Å². The van der Waals surface area contributed by atoms with Crippen LogP contribution in [0.15, 0.2) is 41.9 Å². The number of aromatic nitrogens is 1. The van der Waals surface area contributed by atoms with Gasteiger partial charge in [-0.1, -0.05) is 18.2 Å². The van der Waals surface area contributed by atoms with E-state index in [1.165, 1.54) is 11.3 Å². The Bertz CT molecular complexity index is 526. The molecule has 0 fully saturated rings. The van der Waals surface area contributed by atoms with Crippen LogP contribution in [0.5, 0.6) is 0 Å². The molecule has 18 heavy (non-hydrogen) atoms. The van der Waals surface area contributed by atoms with Crippen molar-refractivity contribution in [3.05, 3.63) is 47.5 Å². The third-order valence-electron chi connectivity index (χ3n) is 2.12. The largest absolute Gasteiger partial charge is 0.343 e. The third kappa shape index (κ3) is 3.39. The predicted octanol–water partition coefficient (Wildman–Crippen LogP) is 1.51. The zero-order valence-electron chi connectivity index (χ0n) is 9.42. The first-order chi connectivity index (χ1) is 8.75. The van der Waals surface area contributed by atoms with Crippen molar-refractivity contribution < 1.29 is 9.59 Å². The van der Waals surface area contributed by atoms with Gasteiger partial charge in [-0.2, -0.15) is 0 Å². The zero-order chi connectivity index (χ0) is 12.8. The molecule has 0 radical (unpaired) electrons. The van der Waals surface area contributed by atoms with Crippen molar-refractivity contribution >= 4 is 28.3 Å². The van der Waals surface area contributed by atoms with E-state index in [1.54, 1.807) is 35.8 Å². The molecular formula is C12H11N3O2S. The number of hydrogen-bond acceptors (Lipinski definition) is 4. The molecule has 0 spiro atoms. The smallest absolute Gasteiger partial charge is 0.251 e. The summed E-state index contributed by atoms with van der Waals surface area (Å²) in [6, 6.07) is 8.74. The van der Waals surface area contributed by atoms with E-state index in [-0.39, 0.29) is 18.4 Å². The summed E-state index contributed by atoms with van der Waals surface area (Å²) in [6.07, 6.45) is 1.60. The van der Waals surface area contributed by atoms with Crippen molar-refractivity contribution in [2.24, 2.45) is 0 Å². The van der Waals surface area contributed by atoms with Crippen LogP contribution in [0.2, 0.25) is 0 Å². The molecule has 2 amide bonds. The number of thiazole rings is 1. The summed E-state index contributed by atoms with van der Waals surface area (Å²) >= 11 is 1.33. The zero-order valence-corrected chi connectivity index (χ0v) is 10.2. The second-order valence-corrected chi connectivity index (χ2v) is 4.33. The molecule has 0 saturated carbocycles. The fourth-order valence-electron chi connectivity index (χ4n) is 1.30. The number of hydrogen-bond donors (Lipinski definition) is 2. The maximum atomic E-state index is 11.6. The summed E-state index contributed by atoms with van der Waals surface area (Å²) in [4.78, 5) is 27.0. The van der Waals surface area contributed by atoms with Gasteiger partial charge in [0.1, 0.15) is 0 Å². The molecular weight excluding hydrogens is 250 g/mol. The number of carbonyl (C=O) groups is 2. The van der Waals surface area contributed by atoms with Crippen LogP contribution in [-0.2, 0) is 4.79 Å². The van der Waals surface area contributed by atoms with E-state index in [0.717, 1.165) is 0 Å². The van der Waals surface area contributed by atoms with Crippen LogP contribution in [0.4, 0.5) is 5.13 Å². The number of nitrogens with one attached hydrogen (secondary N) is 2. The maximum Gasteiger partial charge on any atom is 0.251 e. The van der Waals surface area contributed by atoms with E-state index >= 15 is 0 Å². The first kappa shape index (κ1) is 12.3. The maximum absolute atomic E-state index is 11.6. The second kappa shape index (κ2) is 5.92. The van der Waals surface area contributed by atoms with Crippen molar-refractivity contribution in [3.8, 4) is 0 Å². The average Bonchev–Trinajstić information content (AvgIpc) is 2.90. The van der Waals surface area contributed by atoms with Gasteiger partial charge in [0.15, 0.2) is 5.13 Å². The molecule has 92 valence electrons. The molecule has 1 heterocycles. The highest BCUT2D eigenvalue weighted by molar-refractivity contribution is 7.13. The van der Waals surface area contributed by atoms with Gasteiger partial charge >= 0.3 is 0 Å². The van der Waals surface area contributed by atoms with Crippen LogP contribution in [0.3, 0.4) is 0 Å². The Morgan fingerprint density at radius 1 is 1.22 bits per heavy atom. The Kier molecular flexibility index (Phi) is 4.03. The van der Waals surface area contributed by atoms with E-state index in [4.69, 9.17) is 0 Å². The lowest BCUT2D eigenvalue weighted by molar-refractivity contribution is -0.115. The highest BCUT2D eigenvalue weighted by atomic mass is 32.1. The SMILES string of the molecule is O=C(CNC(=O)c1ccccc1)Nc1nccs1. The summed E-state index contributed by atoms with van der Waals surface area (Å²) in [5.41, 5.74) is 0.527. The molecule has 0 saturated heterocycles. The van der Waals surface area contributed by atoms with Crippen LogP contribution in [-0.4, -0.2) is 23.3 Å². The minimum atomic E-state index is -0.297. The van der Waals surface area contributed by atoms with Crippen LogP contribution >= 0.6 is 11.3 Å². The molecule has 2 aromatic rings. The summed E-state index contributed by atoms with van der Waals surface area (Å²) < 4.78 is 0. The Hall–Kier alpha value is -2.21. The highest BCUT2D eigenvalue weighted by Gasteiger charge is 2.08. The van der Waals surface area contributed by atoms with Gasteiger partial charge in [-0.05, 0) is 12.1 Å². The van der Waals surface area contributed by atoms with Gasteiger partial charge < -0.3 is 10.6 Å². The lowest BCUT2D eigenvalue weighted by Crippen LogP contribution is -2.32. The highest BCUT2D eigenvalue weighted by Crippen LogP contribution is 2.09. The fraction of sp³-hybridized carbons (Fsp3) is 0.0833. The molecule has 2 rings (SSSR count). The Balaban J connectivity index is 1.81. The lowest BCUT2D eigenvalue weighted by atomic mass is 10.2. The number of rotatable bonds is 4. The topological polar surface area (TPSA) is 71.1 Å². The van der Waals surface area contributed by atoms with E-state index in [1.807, 2.05) is 6.07 Å². The summed E-state index contributed by atoms with van der Waals surface area (Å²) in [5.74, 6) is -0.570. The van der Waals surface area contributed by atoms with Gasteiger partial charge in [0.05, 0.1) is 6.54 Å². The average molecular weight is 261 g/mol. The normalized spacial score (nSPS) is 9.78. The second-order valence-electron chi connectivity index (χ2n) is 3.43. The molecule has 0 atom stereocenters. The molecule has 0 aliphatic rings. The Morgan fingerprint density at radius 2 is 2.00 bits per heavy atom. The predicted molar refractivity (Wildman–Crippen MR) is 69.5 cm³/mol. The quantitative estimate of drug-likeness (QED) is 0.876. The van der Waals surface area contributed by atoms with E-state index in [9.17, 15) is 9.59 Å². The van der Waals surface area contributed by atoms with Crippen molar-refractivity contribution in [3.63, 3.8) is 0 Å². The molecule has 0 unspecified atom stereocenters. The van der Waals surface area contributed by atoms with E-state index in [2.05, 4.69) is 15.6 Å². The molecule has 1 aromatic carbocycles. The third-order valence-corrected chi connectivity index (χ3v) is 2.81. The number of nitrogens with zero attached hydrogens (tertiary/aromatic N) is 1.